The van der Waals surface area contributed by atoms with Crippen molar-refractivity contribution >= 4 is 17.5 Å². The van der Waals surface area contributed by atoms with Crippen LogP contribution >= 0.6 is 0 Å². The van der Waals surface area contributed by atoms with Crippen LogP contribution in [-0.4, -0.2) is 50.4 Å². The van der Waals surface area contributed by atoms with E-state index in [2.05, 4.69) is 15.4 Å². The summed E-state index contributed by atoms with van der Waals surface area (Å²) in [4.78, 5) is 30.8. The van der Waals surface area contributed by atoms with Gasteiger partial charge >= 0.3 is 0 Å². The highest BCUT2D eigenvalue weighted by molar-refractivity contribution is 5.97. The molecule has 3 aromatic rings. The molecule has 2 amide bonds. The van der Waals surface area contributed by atoms with Gasteiger partial charge in [0.15, 0.2) is 11.3 Å². The number of halogens is 1. The number of piperazine rings is 1. The van der Waals surface area contributed by atoms with Gasteiger partial charge in [0, 0.05) is 30.9 Å². The Morgan fingerprint density at radius 1 is 1.30 bits per heavy atom. The van der Waals surface area contributed by atoms with Gasteiger partial charge in [-0.3, -0.25) is 9.59 Å². The number of rotatable bonds is 3. The number of hydrogen-bond acceptors (Lipinski definition) is 4. The van der Waals surface area contributed by atoms with Gasteiger partial charge in [-0.05, 0) is 36.8 Å². The van der Waals surface area contributed by atoms with Crippen LogP contribution in [0.5, 0.6) is 0 Å². The van der Waals surface area contributed by atoms with Crippen LogP contribution in [-0.2, 0) is 4.79 Å². The number of carbonyl (C=O) groups excluding carboxylic acids is 2. The number of benzene rings is 1. The number of nitrogens with one attached hydrogen (secondary N) is 1. The summed E-state index contributed by atoms with van der Waals surface area (Å²) in [5.74, 6) is -0.771. The molecule has 1 atom stereocenters. The molecule has 0 saturated carbocycles. The topological polar surface area (TPSA) is 79.6 Å². The zero-order valence-electron chi connectivity index (χ0n) is 14.7. The van der Waals surface area contributed by atoms with E-state index in [-0.39, 0.29) is 23.3 Å². The summed E-state index contributed by atoms with van der Waals surface area (Å²) in [7, 11) is 0. The van der Waals surface area contributed by atoms with Gasteiger partial charge in [0.05, 0.1) is 5.69 Å². The second-order valence-corrected chi connectivity index (χ2v) is 6.35. The minimum absolute atomic E-state index is 0.147. The lowest BCUT2D eigenvalue weighted by Crippen LogP contribution is -2.57. The maximum Gasteiger partial charge on any atom is 0.275 e. The van der Waals surface area contributed by atoms with Crippen LogP contribution in [0.15, 0.2) is 42.6 Å². The lowest BCUT2D eigenvalue weighted by Gasteiger charge is -2.33. The lowest BCUT2D eigenvalue weighted by molar-refractivity contribution is -0.127. The van der Waals surface area contributed by atoms with Gasteiger partial charge < -0.3 is 10.2 Å². The van der Waals surface area contributed by atoms with Crippen molar-refractivity contribution in [2.45, 2.75) is 19.4 Å². The minimum atomic E-state index is -0.499. The van der Waals surface area contributed by atoms with Gasteiger partial charge in [0.25, 0.3) is 5.91 Å². The molecule has 1 aliphatic rings. The fourth-order valence-corrected chi connectivity index (χ4v) is 3.35. The molecule has 4 rings (SSSR count). The van der Waals surface area contributed by atoms with Gasteiger partial charge in [0.2, 0.25) is 5.91 Å². The number of aromatic nitrogens is 3. The summed E-state index contributed by atoms with van der Waals surface area (Å²) >= 11 is 0. The van der Waals surface area contributed by atoms with E-state index in [4.69, 9.17) is 0 Å². The summed E-state index contributed by atoms with van der Waals surface area (Å²) in [6, 6.07) is 8.90. The van der Waals surface area contributed by atoms with E-state index >= 15 is 0 Å². The van der Waals surface area contributed by atoms with E-state index in [0.29, 0.717) is 30.9 Å². The molecule has 0 spiro atoms. The first-order valence-corrected chi connectivity index (χ1v) is 8.78. The number of carbonyl (C=O) groups is 2. The van der Waals surface area contributed by atoms with Gasteiger partial charge in [-0.25, -0.2) is 13.9 Å². The van der Waals surface area contributed by atoms with Crippen LogP contribution in [0, 0.1) is 5.82 Å². The van der Waals surface area contributed by atoms with Crippen molar-refractivity contribution in [3.63, 3.8) is 0 Å². The molecule has 1 unspecified atom stereocenters. The summed E-state index contributed by atoms with van der Waals surface area (Å²) in [5.41, 5.74) is 2.19. The normalized spacial score (nSPS) is 17.2. The largest absolute Gasteiger partial charge is 0.353 e. The highest BCUT2D eigenvalue weighted by Crippen LogP contribution is 2.21. The Morgan fingerprint density at radius 2 is 2.07 bits per heavy atom. The average molecular weight is 367 g/mol. The molecule has 0 bridgehead atoms. The Morgan fingerprint density at radius 3 is 2.81 bits per heavy atom. The SMILES string of the molecule is CCC1C(=O)NCCN1C(=O)c1cc2nccc(-c3ccc(F)cc3)n2n1. The Balaban J connectivity index is 1.73. The second kappa shape index (κ2) is 6.79. The van der Waals surface area contributed by atoms with Crippen LogP contribution in [0.2, 0.25) is 0 Å². The summed E-state index contributed by atoms with van der Waals surface area (Å²) in [5, 5.41) is 7.20. The first-order valence-electron chi connectivity index (χ1n) is 8.78. The monoisotopic (exact) mass is 367 g/mol. The van der Waals surface area contributed by atoms with E-state index in [1.54, 1.807) is 39.9 Å². The predicted molar refractivity (Wildman–Crippen MR) is 96.5 cm³/mol. The third-order valence-electron chi connectivity index (χ3n) is 4.70. The zero-order valence-corrected chi connectivity index (χ0v) is 14.7. The van der Waals surface area contributed by atoms with Gasteiger partial charge in [-0.15, -0.1) is 0 Å². The average Bonchev–Trinajstić information content (AvgIpc) is 3.12. The van der Waals surface area contributed by atoms with Crippen molar-refractivity contribution < 1.29 is 14.0 Å². The van der Waals surface area contributed by atoms with Gasteiger partial charge in [-0.2, -0.15) is 5.10 Å². The van der Waals surface area contributed by atoms with E-state index in [0.717, 1.165) is 5.56 Å². The molecule has 1 N–H and O–H groups in total. The van der Waals surface area contributed by atoms with Crippen LogP contribution in [0.4, 0.5) is 4.39 Å². The lowest BCUT2D eigenvalue weighted by atomic mass is 10.1. The molecule has 138 valence electrons. The molecule has 8 heteroatoms. The van der Waals surface area contributed by atoms with Crippen molar-refractivity contribution in [3.8, 4) is 11.3 Å². The fraction of sp³-hybridized carbons (Fsp3) is 0.263. The number of hydrogen-bond donors (Lipinski definition) is 1. The van der Waals surface area contributed by atoms with Crippen molar-refractivity contribution in [3.05, 3.63) is 54.1 Å². The maximum atomic E-state index is 13.2. The Labute approximate surface area is 154 Å². The Kier molecular flexibility index (Phi) is 4.31. The highest BCUT2D eigenvalue weighted by atomic mass is 19.1. The smallest absolute Gasteiger partial charge is 0.275 e. The van der Waals surface area contributed by atoms with Crippen LogP contribution < -0.4 is 5.32 Å². The Hall–Kier alpha value is -3.29. The molecular weight excluding hydrogens is 349 g/mol. The van der Waals surface area contributed by atoms with Crippen molar-refractivity contribution in [1.29, 1.82) is 0 Å². The predicted octanol–water partition coefficient (Wildman–Crippen LogP) is 1.89. The second-order valence-electron chi connectivity index (χ2n) is 6.35. The molecule has 0 radical (unpaired) electrons. The highest BCUT2D eigenvalue weighted by Gasteiger charge is 2.33. The Bertz CT molecular complexity index is 1010. The van der Waals surface area contributed by atoms with E-state index in [9.17, 15) is 14.0 Å². The maximum absolute atomic E-state index is 13.2. The van der Waals surface area contributed by atoms with Crippen LogP contribution in [0.3, 0.4) is 0 Å². The molecule has 7 nitrogen and oxygen atoms in total. The van der Waals surface area contributed by atoms with Crippen molar-refractivity contribution in [2.24, 2.45) is 0 Å². The first-order chi connectivity index (χ1) is 13.1. The molecule has 1 fully saturated rings. The zero-order chi connectivity index (χ0) is 19.0. The quantitative estimate of drug-likeness (QED) is 0.767. The molecule has 1 aliphatic heterocycles. The first kappa shape index (κ1) is 17.1. The molecule has 2 aromatic heterocycles. The molecule has 1 saturated heterocycles. The van der Waals surface area contributed by atoms with E-state index in [1.165, 1.54) is 12.1 Å². The molecule has 0 aliphatic carbocycles. The minimum Gasteiger partial charge on any atom is -0.353 e. The third-order valence-corrected chi connectivity index (χ3v) is 4.70. The van der Waals surface area contributed by atoms with Crippen molar-refractivity contribution in [2.75, 3.05) is 13.1 Å². The van der Waals surface area contributed by atoms with Crippen LogP contribution in [0.25, 0.3) is 16.9 Å². The van der Waals surface area contributed by atoms with Crippen molar-refractivity contribution in [1.82, 2.24) is 24.8 Å². The standard InChI is InChI=1S/C19H18FN5O2/c1-2-15-18(26)22-9-10-24(15)19(27)14-11-17-21-8-7-16(25(17)23-14)12-3-5-13(20)6-4-12/h3-8,11,15H,2,9-10H2,1H3,(H,22,26). The third kappa shape index (κ3) is 3.03. The number of amides is 2. The van der Waals surface area contributed by atoms with Gasteiger partial charge in [-0.1, -0.05) is 6.92 Å². The summed E-state index contributed by atoms with van der Waals surface area (Å²) < 4.78 is 14.8. The number of nitrogens with zero attached hydrogens (tertiary/aromatic N) is 4. The molecule has 3 heterocycles. The number of fused-ring (bicyclic) bond motifs is 1. The molecule has 27 heavy (non-hydrogen) atoms. The van der Waals surface area contributed by atoms with E-state index < -0.39 is 6.04 Å². The fourth-order valence-electron chi connectivity index (χ4n) is 3.35. The van der Waals surface area contributed by atoms with E-state index in [1.807, 2.05) is 6.92 Å². The summed E-state index contributed by atoms with van der Waals surface area (Å²) in [6.45, 7) is 2.73. The van der Waals surface area contributed by atoms with Crippen LogP contribution in [0.1, 0.15) is 23.8 Å². The molecule has 1 aromatic carbocycles. The molecular formula is C19H18FN5O2. The van der Waals surface area contributed by atoms with Gasteiger partial charge in [0.1, 0.15) is 11.9 Å². The summed E-state index contributed by atoms with van der Waals surface area (Å²) in [6.07, 6.45) is 2.15.